The number of hydrogen-bond acceptors (Lipinski definition) is 0. The normalized spacial score (nSPS) is 32.6. The Hall–Kier alpha value is 4.64. The van der Waals surface area contributed by atoms with Crippen LogP contribution in [-0.2, 0) is 0 Å². The molecule has 0 radical (unpaired) electrons. The molecule has 8 atom stereocenters. The van der Waals surface area contributed by atoms with E-state index >= 15 is 0 Å². The predicted molar refractivity (Wildman–Crippen MR) is 157 cm³/mol. The van der Waals surface area contributed by atoms with Gasteiger partial charge in [-0.05, 0) is 92.8 Å². The van der Waals surface area contributed by atoms with Crippen molar-refractivity contribution in [3.8, 4) is 0 Å². The molecule has 3 saturated carbocycles. The Kier molecular flexibility index (Phi) is 45.9. The molecule has 3 fully saturated rings. The third-order valence-electron chi connectivity index (χ3n) is 7.88. The zero-order valence-corrected chi connectivity index (χ0v) is 42.7. The minimum Gasteiger partial charge on any atom is -0.358 e. The molecule has 8 unspecified atom stereocenters. The molecule has 0 aromatic rings. The fourth-order valence-corrected chi connectivity index (χ4v) is 6.27. The quantitative estimate of drug-likeness (QED) is 0.267. The molecule has 0 heterocycles. The minimum absolute atomic E-state index is 0. The molecule has 0 N–H and O–H groups in total. The van der Waals surface area contributed by atoms with E-state index < -0.39 is 0 Å². The average Bonchev–Trinajstić information content (AvgIpc) is 3.61. The summed E-state index contributed by atoms with van der Waals surface area (Å²) in [6.45, 7) is 19.0. The molecule has 36 heavy (non-hydrogen) atoms. The maximum Gasteiger partial charge on any atom is 1.00 e. The average molecular weight is 716 g/mol. The van der Waals surface area contributed by atoms with Crippen LogP contribution in [0, 0.1) is 69.6 Å². The van der Waals surface area contributed by atoms with Crippen molar-refractivity contribution in [1.82, 2.24) is 0 Å². The largest absolute Gasteiger partial charge is 1.00 e. The van der Waals surface area contributed by atoms with Crippen LogP contribution in [0.5, 0.6) is 0 Å². The number of hydrogen-bond donors (Lipinski definition) is 0. The van der Waals surface area contributed by atoms with Crippen LogP contribution in [0.1, 0.15) is 107 Å². The van der Waals surface area contributed by atoms with Crippen LogP contribution in [0.3, 0.4) is 0 Å². The zero-order valence-electron chi connectivity index (χ0n) is 28.0. The van der Waals surface area contributed by atoms with Gasteiger partial charge in [0, 0.05) is 0 Å². The molecule has 198 valence electrons. The second-order valence-corrected chi connectivity index (χ2v) is 9.71. The standard InChI is InChI=1S/C8H14.C8H12.C8H10.3C2H6.3CH3.3Rb/c3*1-6-4-7-2-3-8(6)5-7;3*1-2;;;;;;/h6-8H,2-5H2,1H3;2-3,6-8H,4-5H2,1H3;2-4,7-8H,5H2,1H3;3*1-2H3;3*1H3;;;/q;;;;;;3*-1;3*+1. The summed E-state index contributed by atoms with van der Waals surface area (Å²) in [6, 6.07) is 0. The van der Waals surface area contributed by atoms with Crippen LogP contribution in [0.2, 0.25) is 0 Å². The third-order valence-corrected chi connectivity index (χ3v) is 7.88. The molecular formula is C33H63Rb3. The molecule has 6 aliphatic carbocycles. The minimum atomic E-state index is 0. The maximum absolute atomic E-state index is 2.42. The molecular weight excluding hydrogens is 653 g/mol. The van der Waals surface area contributed by atoms with Crippen LogP contribution in [-0.4, -0.2) is 0 Å². The van der Waals surface area contributed by atoms with Gasteiger partial charge in [-0.25, -0.2) is 0 Å². The van der Waals surface area contributed by atoms with Crippen LogP contribution >= 0.6 is 0 Å². The van der Waals surface area contributed by atoms with Crippen molar-refractivity contribution in [1.29, 1.82) is 0 Å². The Labute approximate surface area is 378 Å². The Morgan fingerprint density at radius 1 is 0.611 bits per heavy atom. The van der Waals surface area contributed by atoms with E-state index in [1.165, 1.54) is 19.3 Å². The van der Waals surface area contributed by atoms with Gasteiger partial charge in [-0.2, -0.15) is 0 Å². The molecule has 6 aliphatic rings. The molecule has 0 aromatic carbocycles. The molecule has 0 spiro atoms. The molecule has 0 saturated heterocycles. The first kappa shape index (κ1) is 53.2. The van der Waals surface area contributed by atoms with Gasteiger partial charge >= 0.3 is 175 Å². The van der Waals surface area contributed by atoms with Gasteiger partial charge < -0.3 is 22.3 Å². The van der Waals surface area contributed by atoms with Gasteiger partial charge in [0.2, 0.25) is 0 Å². The van der Waals surface area contributed by atoms with E-state index in [1.54, 1.807) is 31.3 Å². The van der Waals surface area contributed by atoms with Crippen molar-refractivity contribution >= 4 is 0 Å². The van der Waals surface area contributed by atoms with E-state index in [1.807, 2.05) is 41.5 Å². The molecule has 3 heteroatoms. The van der Waals surface area contributed by atoms with E-state index in [0.717, 1.165) is 47.3 Å². The van der Waals surface area contributed by atoms with Crippen molar-refractivity contribution in [2.45, 2.75) is 107 Å². The summed E-state index contributed by atoms with van der Waals surface area (Å²) >= 11 is 0. The van der Waals surface area contributed by atoms with Gasteiger partial charge in [0.25, 0.3) is 0 Å². The van der Waals surface area contributed by atoms with Crippen LogP contribution in [0.4, 0.5) is 0 Å². The summed E-state index contributed by atoms with van der Waals surface area (Å²) in [7, 11) is 0. The first-order chi connectivity index (χ1) is 14.6. The number of allylic oxidation sites excluding steroid dienone is 6. The maximum atomic E-state index is 2.42. The van der Waals surface area contributed by atoms with Gasteiger partial charge in [-0.1, -0.05) is 97.8 Å². The summed E-state index contributed by atoms with van der Waals surface area (Å²) in [4.78, 5) is 0. The van der Waals surface area contributed by atoms with Crippen molar-refractivity contribution in [3.05, 3.63) is 58.2 Å². The third kappa shape index (κ3) is 17.7. The molecule has 0 nitrogen and oxygen atoms in total. The summed E-state index contributed by atoms with van der Waals surface area (Å²) < 4.78 is 0. The fraction of sp³-hybridized carbons (Fsp3) is 0.727. The van der Waals surface area contributed by atoms with E-state index in [9.17, 15) is 0 Å². The summed E-state index contributed by atoms with van der Waals surface area (Å²) in [6.07, 6.45) is 22.3. The van der Waals surface area contributed by atoms with Crippen LogP contribution in [0.25, 0.3) is 0 Å². The zero-order chi connectivity index (χ0) is 22.7. The summed E-state index contributed by atoms with van der Waals surface area (Å²) in [5, 5.41) is 0. The molecule has 0 amide bonds. The Bertz CT molecular complexity index is 547. The van der Waals surface area contributed by atoms with Crippen molar-refractivity contribution in [3.63, 3.8) is 0 Å². The van der Waals surface area contributed by atoms with Crippen molar-refractivity contribution in [2.75, 3.05) is 0 Å². The van der Waals surface area contributed by atoms with Crippen LogP contribution in [0.15, 0.2) is 36.0 Å². The Balaban J connectivity index is -0.0000000789. The van der Waals surface area contributed by atoms with Crippen molar-refractivity contribution < 1.29 is 175 Å². The van der Waals surface area contributed by atoms with Gasteiger partial charge in [0.05, 0.1) is 0 Å². The monoisotopic (exact) mass is 714 g/mol. The smallest absolute Gasteiger partial charge is 0.358 e. The van der Waals surface area contributed by atoms with E-state index in [4.69, 9.17) is 0 Å². The fourth-order valence-electron chi connectivity index (χ4n) is 6.27. The van der Waals surface area contributed by atoms with Crippen LogP contribution < -0.4 is 175 Å². The molecule has 0 aliphatic heterocycles. The predicted octanol–water partition coefficient (Wildman–Crippen LogP) is 2.24. The summed E-state index contributed by atoms with van der Waals surface area (Å²) in [5.41, 5.74) is 1.58. The molecule has 6 bridgehead atoms. The summed E-state index contributed by atoms with van der Waals surface area (Å²) in [5.74, 6) is 7.91. The van der Waals surface area contributed by atoms with E-state index in [-0.39, 0.29) is 197 Å². The van der Waals surface area contributed by atoms with E-state index in [0.29, 0.717) is 0 Å². The first-order valence-electron chi connectivity index (χ1n) is 13.6. The second kappa shape index (κ2) is 31.1. The van der Waals surface area contributed by atoms with Crippen molar-refractivity contribution in [2.24, 2.45) is 47.3 Å². The van der Waals surface area contributed by atoms with E-state index in [2.05, 4.69) is 51.2 Å². The first-order valence-corrected chi connectivity index (χ1v) is 13.6. The van der Waals surface area contributed by atoms with Gasteiger partial charge in [-0.15, -0.1) is 0 Å². The molecule has 6 rings (SSSR count). The topological polar surface area (TPSA) is 0 Å². The number of rotatable bonds is 0. The second-order valence-electron chi connectivity index (χ2n) is 9.71. The number of fused-ring (bicyclic) bond motifs is 6. The Morgan fingerprint density at radius 3 is 1.36 bits per heavy atom. The Morgan fingerprint density at radius 2 is 1.19 bits per heavy atom. The van der Waals surface area contributed by atoms with Gasteiger partial charge in [-0.3, -0.25) is 0 Å². The van der Waals surface area contributed by atoms with Gasteiger partial charge in [0.1, 0.15) is 0 Å². The SMILES string of the molecule is CC.CC.CC.CC1=CC2C=CC1C2.CC1CC2C=CC1C2.CC1CC2CCC1C2.[CH3-].[CH3-].[CH3-].[Rb+].[Rb+].[Rb+]. The van der Waals surface area contributed by atoms with Gasteiger partial charge in [0.15, 0.2) is 0 Å². The molecule has 0 aromatic heterocycles.